The van der Waals surface area contributed by atoms with Gasteiger partial charge in [-0.25, -0.2) is 0 Å². The van der Waals surface area contributed by atoms with Gasteiger partial charge in [0, 0.05) is 5.02 Å². The number of halogens is 1. The molecule has 0 aromatic heterocycles. The van der Waals surface area contributed by atoms with Crippen molar-refractivity contribution in [2.45, 2.75) is 46.0 Å². The first kappa shape index (κ1) is 13.3. The van der Waals surface area contributed by atoms with Gasteiger partial charge in [0.1, 0.15) is 0 Å². The van der Waals surface area contributed by atoms with Gasteiger partial charge in [-0.1, -0.05) is 62.6 Å². The van der Waals surface area contributed by atoms with Crippen LogP contribution in [0.3, 0.4) is 0 Å². The van der Waals surface area contributed by atoms with Crippen LogP contribution >= 0.6 is 11.6 Å². The lowest BCUT2D eigenvalue weighted by Crippen LogP contribution is -1.87. The average Bonchev–Trinajstić information content (AvgIpc) is 2.31. The predicted molar refractivity (Wildman–Crippen MR) is 73.9 cm³/mol. The molecule has 88 valence electrons. The molecule has 0 aliphatic rings. The van der Waals surface area contributed by atoms with Crippen molar-refractivity contribution in [1.82, 2.24) is 0 Å². The minimum absolute atomic E-state index is 0.876. The fourth-order valence-electron chi connectivity index (χ4n) is 1.75. The molecule has 0 bridgehead atoms. The Balaban J connectivity index is 2.87. The molecule has 0 fully saturated rings. The summed E-state index contributed by atoms with van der Waals surface area (Å²) in [5, 5.41) is 0.876. The Morgan fingerprint density at radius 2 is 1.94 bits per heavy atom. The molecule has 1 rings (SSSR count). The molecule has 0 N–H and O–H groups in total. The highest BCUT2D eigenvalue weighted by molar-refractivity contribution is 6.32. The number of allylic oxidation sites excluding steroid dienone is 2. The Morgan fingerprint density at radius 3 is 2.56 bits per heavy atom. The van der Waals surface area contributed by atoms with E-state index in [0.717, 1.165) is 17.9 Å². The standard InChI is InChI=1S/C15H21Cl/c1-3-5-9-13(10-6-4-2)14-11-7-8-12-15(14)16/h7-9,11-12H,3-6,10H2,1-2H3/b13-9-. The summed E-state index contributed by atoms with van der Waals surface area (Å²) in [7, 11) is 0. The lowest BCUT2D eigenvalue weighted by molar-refractivity contribution is 0.820. The fraction of sp³-hybridized carbons (Fsp3) is 0.467. The molecule has 0 saturated carbocycles. The highest BCUT2D eigenvalue weighted by Gasteiger charge is 2.04. The molecular weight excluding hydrogens is 216 g/mol. The van der Waals surface area contributed by atoms with Crippen molar-refractivity contribution in [1.29, 1.82) is 0 Å². The number of rotatable bonds is 6. The van der Waals surface area contributed by atoms with Crippen LogP contribution in [0.2, 0.25) is 5.02 Å². The lowest BCUT2D eigenvalue weighted by atomic mass is 9.99. The van der Waals surface area contributed by atoms with Gasteiger partial charge < -0.3 is 0 Å². The van der Waals surface area contributed by atoms with Gasteiger partial charge in [-0.2, -0.15) is 0 Å². The summed E-state index contributed by atoms with van der Waals surface area (Å²) in [4.78, 5) is 0. The van der Waals surface area contributed by atoms with Crippen LogP contribution in [0.4, 0.5) is 0 Å². The SMILES string of the molecule is CCC/C=C(/CCCC)c1ccccc1Cl. The number of hydrogen-bond donors (Lipinski definition) is 0. The van der Waals surface area contributed by atoms with E-state index < -0.39 is 0 Å². The summed E-state index contributed by atoms with van der Waals surface area (Å²) in [6.07, 6.45) is 8.29. The van der Waals surface area contributed by atoms with Crippen molar-refractivity contribution in [2.24, 2.45) is 0 Å². The van der Waals surface area contributed by atoms with E-state index in [1.54, 1.807) is 0 Å². The number of unbranched alkanes of at least 4 members (excludes halogenated alkanes) is 2. The highest BCUT2D eigenvalue weighted by Crippen LogP contribution is 2.28. The second-order valence-corrected chi connectivity index (χ2v) is 4.51. The van der Waals surface area contributed by atoms with Crippen molar-refractivity contribution in [3.8, 4) is 0 Å². The quantitative estimate of drug-likeness (QED) is 0.593. The largest absolute Gasteiger partial charge is 0.0837 e. The minimum atomic E-state index is 0.876. The first-order valence-electron chi connectivity index (χ1n) is 6.23. The highest BCUT2D eigenvalue weighted by atomic mass is 35.5. The Kier molecular flexibility index (Phi) is 6.25. The van der Waals surface area contributed by atoms with Gasteiger partial charge in [0.2, 0.25) is 0 Å². The maximum absolute atomic E-state index is 6.24. The summed E-state index contributed by atoms with van der Waals surface area (Å²) in [6.45, 7) is 4.44. The van der Waals surface area contributed by atoms with Crippen molar-refractivity contribution in [3.05, 3.63) is 40.9 Å². The number of hydrogen-bond acceptors (Lipinski definition) is 0. The van der Waals surface area contributed by atoms with E-state index in [1.807, 2.05) is 12.1 Å². The zero-order valence-electron chi connectivity index (χ0n) is 10.3. The lowest BCUT2D eigenvalue weighted by Gasteiger charge is -2.09. The van der Waals surface area contributed by atoms with Crippen molar-refractivity contribution < 1.29 is 0 Å². The van der Waals surface area contributed by atoms with E-state index in [4.69, 9.17) is 11.6 Å². The summed E-state index contributed by atoms with van der Waals surface area (Å²) < 4.78 is 0. The van der Waals surface area contributed by atoms with Crippen molar-refractivity contribution in [2.75, 3.05) is 0 Å². The molecule has 1 aromatic carbocycles. The first-order valence-corrected chi connectivity index (χ1v) is 6.61. The molecule has 16 heavy (non-hydrogen) atoms. The Labute approximate surface area is 104 Å². The van der Waals surface area contributed by atoms with Gasteiger partial charge in [-0.05, 0) is 36.5 Å². The van der Waals surface area contributed by atoms with Crippen LogP contribution in [-0.4, -0.2) is 0 Å². The monoisotopic (exact) mass is 236 g/mol. The molecule has 1 heteroatoms. The van der Waals surface area contributed by atoms with Gasteiger partial charge in [0.05, 0.1) is 0 Å². The van der Waals surface area contributed by atoms with Crippen LogP contribution in [0.1, 0.15) is 51.5 Å². The van der Waals surface area contributed by atoms with E-state index in [1.165, 1.54) is 30.4 Å². The molecule has 0 heterocycles. The maximum Gasteiger partial charge on any atom is 0.0481 e. The fourth-order valence-corrected chi connectivity index (χ4v) is 2.01. The van der Waals surface area contributed by atoms with Gasteiger partial charge >= 0.3 is 0 Å². The summed E-state index contributed by atoms with van der Waals surface area (Å²) in [5.74, 6) is 0. The zero-order chi connectivity index (χ0) is 11.8. The molecule has 0 amide bonds. The second kappa shape index (κ2) is 7.51. The van der Waals surface area contributed by atoms with Crippen LogP contribution in [0.5, 0.6) is 0 Å². The van der Waals surface area contributed by atoms with Gasteiger partial charge in [-0.3, -0.25) is 0 Å². The van der Waals surface area contributed by atoms with Crippen LogP contribution < -0.4 is 0 Å². The Morgan fingerprint density at radius 1 is 1.19 bits per heavy atom. The molecule has 1 aromatic rings. The Hall–Kier alpha value is -0.750. The summed E-state index contributed by atoms with van der Waals surface area (Å²) >= 11 is 6.24. The topological polar surface area (TPSA) is 0 Å². The molecule has 0 aliphatic heterocycles. The van der Waals surface area contributed by atoms with Crippen LogP contribution in [0, 0.1) is 0 Å². The van der Waals surface area contributed by atoms with E-state index >= 15 is 0 Å². The third-order valence-corrected chi connectivity index (χ3v) is 3.03. The van der Waals surface area contributed by atoms with E-state index in [9.17, 15) is 0 Å². The third kappa shape index (κ3) is 4.02. The first-order chi connectivity index (χ1) is 7.79. The normalized spacial score (nSPS) is 11.8. The average molecular weight is 237 g/mol. The molecule has 0 radical (unpaired) electrons. The molecule has 0 atom stereocenters. The van der Waals surface area contributed by atoms with Crippen molar-refractivity contribution >= 4 is 17.2 Å². The molecular formula is C15H21Cl. The van der Waals surface area contributed by atoms with E-state index in [-0.39, 0.29) is 0 Å². The zero-order valence-corrected chi connectivity index (χ0v) is 11.1. The van der Waals surface area contributed by atoms with Gasteiger partial charge in [-0.15, -0.1) is 0 Å². The number of benzene rings is 1. The predicted octanol–water partition coefficient (Wildman–Crippen LogP) is 5.71. The Bertz CT molecular complexity index is 339. The molecule has 0 nitrogen and oxygen atoms in total. The molecule has 0 spiro atoms. The van der Waals surface area contributed by atoms with E-state index in [0.29, 0.717) is 0 Å². The van der Waals surface area contributed by atoms with Crippen LogP contribution in [0.25, 0.3) is 5.57 Å². The molecule has 0 saturated heterocycles. The maximum atomic E-state index is 6.24. The van der Waals surface area contributed by atoms with Gasteiger partial charge in [0.15, 0.2) is 0 Å². The summed E-state index contributed by atoms with van der Waals surface area (Å²) in [6, 6.07) is 8.15. The van der Waals surface area contributed by atoms with Crippen LogP contribution in [0.15, 0.2) is 30.3 Å². The third-order valence-electron chi connectivity index (χ3n) is 2.70. The van der Waals surface area contributed by atoms with Gasteiger partial charge in [0.25, 0.3) is 0 Å². The molecule has 0 aliphatic carbocycles. The van der Waals surface area contributed by atoms with Crippen LogP contribution in [-0.2, 0) is 0 Å². The summed E-state index contributed by atoms with van der Waals surface area (Å²) in [5.41, 5.74) is 2.63. The second-order valence-electron chi connectivity index (χ2n) is 4.10. The molecule has 0 unspecified atom stereocenters. The smallest absolute Gasteiger partial charge is 0.0481 e. The van der Waals surface area contributed by atoms with E-state index in [2.05, 4.69) is 32.1 Å². The minimum Gasteiger partial charge on any atom is -0.0837 e. The van der Waals surface area contributed by atoms with Crippen molar-refractivity contribution in [3.63, 3.8) is 0 Å².